The van der Waals surface area contributed by atoms with Gasteiger partial charge in [0.1, 0.15) is 11.6 Å². The highest BCUT2D eigenvalue weighted by molar-refractivity contribution is 5.76. The van der Waals surface area contributed by atoms with E-state index in [1.54, 1.807) is 0 Å². The van der Waals surface area contributed by atoms with Crippen LogP contribution in [0.15, 0.2) is 0 Å². The van der Waals surface area contributed by atoms with Gasteiger partial charge in [-0.05, 0) is 39.5 Å². The quantitative estimate of drug-likeness (QED) is 0.771. The summed E-state index contributed by atoms with van der Waals surface area (Å²) < 4.78 is 5.42. The van der Waals surface area contributed by atoms with Crippen molar-refractivity contribution in [3.05, 3.63) is 0 Å². The van der Waals surface area contributed by atoms with Crippen LogP contribution in [-0.4, -0.2) is 23.7 Å². The van der Waals surface area contributed by atoms with Crippen molar-refractivity contribution in [2.75, 3.05) is 0 Å². The average molecular weight is 243 g/mol. The van der Waals surface area contributed by atoms with Crippen LogP contribution in [0.1, 0.15) is 61.7 Å². The van der Waals surface area contributed by atoms with Crippen LogP contribution < -0.4 is 5.32 Å². The third-order valence-corrected chi connectivity index (χ3v) is 3.27. The summed E-state index contributed by atoms with van der Waals surface area (Å²) in [6.45, 7) is 10.2. The van der Waals surface area contributed by atoms with Crippen molar-refractivity contribution in [2.24, 2.45) is 5.92 Å². The van der Waals surface area contributed by atoms with Gasteiger partial charge < -0.3 is 10.1 Å². The zero-order chi connectivity index (χ0) is 13.1. The number of hydrogen-bond donors (Lipinski definition) is 1. The van der Waals surface area contributed by atoms with Gasteiger partial charge in [0.25, 0.3) is 0 Å². The van der Waals surface area contributed by atoms with Crippen LogP contribution >= 0.6 is 0 Å². The van der Waals surface area contributed by atoms with Crippen molar-refractivity contribution in [3.63, 3.8) is 0 Å². The molecule has 0 spiro atoms. The summed E-state index contributed by atoms with van der Waals surface area (Å²) in [4.78, 5) is 11.9. The summed E-state index contributed by atoms with van der Waals surface area (Å²) in [5, 5.41) is 3.42. The maximum Gasteiger partial charge on any atom is 0.323 e. The van der Waals surface area contributed by atoms with Gasteiger partial charge >= 0.3 is 5.97 Å². The Morgan fingerprint density at radius 3 is 2.65 bits per heavy atom. The number of rotatable bonds is 4. The van der Waals surface area contributed by atoms with Crippen molar-refractivity contribution in [2.45, 2.75) is 78.0 Å². The fourth-order valence-electron chi connectivity index (χ4n) is 2.36. The molecule has 17 heavy (non-hydrogen) atoms. The number of hydrogen-bond acceptors (Lipinski definition) is 3. The summed E-state index contributed by atoms with van der Waals surface area (Å²) in [5.41, 5.74) is -0.385. The second-order valence-corrected chi connectivity index (χ2v) is 6.21. The molecule has 0 bridgehead atoms. The topological polar surface area (TPSA) is 38.3 Å². The number of carbonyl (C=O) groups is 1. The summed E-state index contributed by atoms with van der Waals surface area (Å²) in [5.74, 6) is 0.474. The molecular formula is C14H29NO2. The highest BCUT2D eigenvalue weighted by Crippen LogP contribution is 2.25. The van der Waals surface area contributed by atoms with E-state index >= 15 is 0 Å². The minimum absolute atomic E-state index is 0. The van der Waals surface area contributed by atoms with Crippen molar-refractivity contribution < 1.29 is 11.0 Å². The maximum atomic E-state index is 11.9. The van der Waals surface area contributed by atoms with E-state index in [-0.39, 0.29) is 19.0 Å². The lowest BCUT2D eigenvalue weighted by Crippen LogP contribution is -2.40. The molecule has 1 fully saturated rings. The van der Waals surface area contributed by atoms with E-state index in [9.17, 15) is 4.79 Å². The number of carbonyl (C=O) groups excluding carboxylic acids is 1. The van der Waals surface area contributed by atoms with Gasteiger partial charge in [0.15, 0.2) is 0 Å². The Bertz CT molecular complexity index is 263. The first kappa shape index (κ1) is 14.5. The fraction of sp³-hybridized carbons (Fsp3) is 0.929. The number of esters is 1. The molecule has 0 aromatic carbocycles. The molecule has 1 aliphatic rings. The summed E-state index contributed by atoms with van der Waals surface area (Å²) in [6.07, 6.45) is 4.51. The fourth-order valence-corrected chi connectivity index (χ4v) is 2.36. The summed E-state index contributed by atoms with van der Waals surface area (Å²) in [6, 6.07) is 0.374. The van der Waals surface area contributed by atoms with Crippen LogP contribution in [0.2, 0.25) is 0 Å². The molecule has 3 nitrogen and oxygen atoms in total. The lowest BCUT2D eigenvalue weighted by atomic mass is 9.97. The van der Waals surface area contributed by atoms with Gasteiger partial charge in [-0.15, -0.1) is 0 Å². The monoisotopic (exact) mass is 243 g/mol. The van der Waals surface area contributed by atoms with Crippen LogP contribution in [0.5, 0.6) is 0 Å². The smallest absolute Gasteiger partial charge is 0.323 e. The highest BCUT2D eigenvalue weighted by Gasteiger charge is 2.36. The minimum atomic E-state index is -0.385. The molecule has 1 saturated heterocycles. The standard InChI is InChI=1S/C14H27NO2.H2/c1-6-7-8-11-10(2)9-12(15-11)13(16)17-14(3,4)5;/h10-12,15H,6-9H2,1-5H3;1H. The zero-order valence-electron chi connectivity index (χ0n) is 11.9. The van der Waals surface area contributed by atoms with Gasteiger partial charge in [-0.2, -0.15) is 0 Å². The predicted octanol–water partition coefficient (Wildman–Crippen LogP) is 3.13. The van der Waals surface area contributed by atoms with Crippen molar-refractivity contribution in [1.29, 1.82) is 0 Å². The Balaban J connectivity index is 0.00000289. The maximum absolute atomic E-state index is 11.9. The largest absolute Gasteiger partial charge is 0.459 e. The van der Waals surface area contributed by atoms with Gasteiger partial charge in [-0.25, -0.2) is 0 Å². The second-order valence-electron chi connectivity index (χ2n) is 6.21. The van der Waals surface area contributed by atoms with E-state index in [1.807, 2.05) is 20.8 Å². The van der Waals surface area contributed by atoms with Crippen LogP contribution in [0.3, 0.4) is 0 Å². The Labute approximate surface area is 107 Å². The average Bonchev–Trinajstić information content (AvgIpc) is 2.54. The van der Waals surface area contributed by atoms with Crippen LogP contribution in [0.25, 0.3) is 0 Å². The van der Waals surface area contributed by atoms with Gasteiger partial charge in [-0.3, -0.25) is 4.79 Å². The number of ether oxygens (including phenoxy) is 1. The molecule has 3 heteroatoms. The molecule has 3 unspecified atom stereocenters. The Hall–Kier alpha value is -0.570. The third kappa shape index (κ3) is 4.66. The SMILES string of the molecule is CCCCC1NC(C(=O)OC(C)(C)C)CC1C.[HH]. The Morgan fingerprint density at radius 1 is 1.47 bits per heavy atom. The van der Waals surface area contributed by atoms with Crippen molar-refractivity contribution in [3.8, 4) is 0 Å². The highest BCUT2D eigenvalue weighted by atomic mass is 16.6. The molecule has 1 N–H and O–H groups in total. The molecule has 0 amide bonds. The molecule has 1 rings (SSSR count). The summed E-state index contributed by atoms with van der Waals surface area (Å²) >= 11 is 0. The van der Waals surface area contributed by atoms with Gasteiger partial charge in [0.2, 0.25) is 0 Å². The van der Waals surface area contributed by atoms with E-state index in [0.717, 1.165) is 12.8 Å². The summed E-state index contributed by atoms with van der Waals surface area (Å²) in [7, 11) is 0. The molecule has 1 heterocycles. The molecule has 102 valence electrons. The van der Waals surface area contributed by atoms with Crippen LogP contribution in [0, 0.1) is 5.92 Å². The van der Waals surface area contributed by atoms with Gasteiger partial charge in [0.05, 0.1) is 0 Å². The van der Waals surface area contributed by atoms with E-state index in [2.05, 4.69) is 19.2 Å². The van der Waals surface area contributed by atoms with E-state index in [0.29, 0.717) is 12.0 Å². The molecular weight excluding hydrogens is 214 g/mol. The predicted molar refractivity (Wildman–Crippen MR) is 72.0 cm³/mol. The molecule has 3 atom stereocenters. The van der Waals surface area contributed by atoms with Crippen molar-refractivity contribution >= 4 is 5.97 Å². The first-order chi connectivity index (χ1) is 7.83. The van der Waals surface area contributed by atoms with Gasteiger partial charge in [0, 0.05) is 7.47 Å². The molecule has 0 aliphatic carbocycles. The molecule has 0 saturated carbocycles. The number of nitrogens with one attached hydrogen (secondary N) is 1. The Morgan fingerprint density at radius 2 is 2.12 bits per heavy atom. The van der Waals surface area contributed by atoms with Crippen molar-refractivity contribution in [1.82, 2.24) is 5.32 Å². The van der Waals surface area contributed by atoms with E-state index in [4.69, 9.17) is 4.74 Å². The molecule has 0 aromatic rings. The van der Waals surface area contributed by atoms with E-state index < -0.39 is 0 Å². The molecule has 0 radical (unpaired) electrons. The second kappa shape index (κ2) is 5.85. The van der Waals surface area contributed by atoms with E-state index in [1.165, 1.54) is 12.8 Å². The Kier molecular flexibility index (Phi) is 4.99. The van der Waals surface area contributed by atoms with Crippen LogP contribution in [-0.2, 0) is 9.53 Å². The zero-order valence-corrected chi connectivity index (χ0v) is 11.9. The third-order valence-electron chi connectivity index (χ3n) is 3.27. The normalized spacial score (nSPS) is 29.4. The van der Waals surface area contributed by atoms with Gasteiger partial charge in [-0.1, -0.05) is 26.7 Å². The molecule has 0 aromatic heterocycles. The first-order valence-electron chi connectivity index (χ1n) is 6.82. The first-order valence-corrected chi connectivity index (χ1v) is 6.82. The minimum Gasteiger partial charge on any atom is -0.459 e. The van der Waals surface area contributed by atoms with Crippen LogP contribution in [0.4, 0.5) is 0 Å². The lowest BCUT2D eigenvalue weighted by Gasteiger charge is -2.22. The number of unbranched alkanes of at least 4 members (excludes halogenated alkanes) is 1. The molecule has 1 aliphatic heterocycles. The lowest BCUT2D eigenvalue weighted by molar-refractivity contribution is -0.157.